The highest BCUT2D eigenvalue weighted by Gasteiger charge is 2.64. The summed E-state index contributed by atoms with van der Waals surface area (Å²) in [6.07, 6.45) is -11.4. The van der Waals surface area contributed by atoms with E-state index < -0.39 is 52.7 Å². The van der Waals surface area contributed by atoms with Gasteiger partial charge in [0, 0.05) is 17.7 Å². The molecule has 0 heterocycles. The van der Waals surface area contributed by atoms with Crippen LogP contribution in [0.4, 0.5) is 32.0 Å². The number of carbonyl (C=O) groups excluding carboxylic acids is 2. The second-order valence-corrected chi connectivity index (χ2v) is 8.80. The number of aliphatic hydroxyl groups is 1. The monoisotopic (exact) mass is 515 g/mol. The first-order valence-corrected chi connectivity index (χ1v) is 10.8. The molecule has 0 bridgehead atoms. The number of benzene rings is 2. The lowest BCUT2D eigenvalue weighted by Gasteiger charge is -2.47. The molecule has 1 saturated carbocycles. The van der Waals surface area contributed by atoms with Gasteiger partial charge in [-0.1, -0.05) is 24.6 Å². The minimum Gasteiger partial charge on any atom is -0.387 e. The van der Waals surface area contributed by atoms with Crippen molar-refractivity contribution in [3.05, 3.63) is 65.2 Å². The molecule has 2 amide bonds. The van der Waals surface area contributed by atoms with Crippen molar-refractivity contribution in [2.75, 3.05) is 5.32 Å². The Labute approximate surface area is 202 Å². The molecule has 3 rings (SSSR count). The molecule has 6 nitrogen and oxygen atoms in total. The molecule has 1 aliphatic carbocycles. The van der Waals surface area contributed by atoms with Crippen LogP contribution in [0.2, 0.25) is 0 Å². The van der Waals surface area contributed by atoms with E-state index in [2.05, 4.69) is 4.99 Å². The van der Waals surface area contributed by atoms with Gasteiger partial charge in [0.25, 0.3) is 11.8 Å². The molecule has 0 radical (unpaired) electrons. The van der Waals surface area contributed by atoms with E-state index in [-0.39, 0.29) is 29.9 Å². The predicted octanol–water partition coefficient (Wildman–Crippen LogP) is 4.97. The van der Waals surface area contributed by atoms with E-state index in [0.29, 0.717) is 6.42 Å². The van der Waals surface area contributed by atoms with Crippen molar-refractivity contribution in [3.63, 3.8) is 0 Å². The van der Waals surface area contributed by atoms with Crippen molar-refractivity contribution in [1.82, 2.24) is 0 Å². The zero-order valence-corrected chi connectivity index (χ0v) is 19.0. The van der Waals surface area contributed by atoms with Crippen molar-refractivity contribution in [1.29, 1.82) is 0 Å². The van der Waals surface area contributed by atoms with Gasteiger partial charge >= 0.3 is 12.4 Å². The Kier molecular flexibility index (Phi) is 7.22. The predicted molar refractivity (Wildman–Crippen MR) is 119 cm³/mol. The van der Waals surface area contributed by atoms with Crippen LogP contribution in [0.15, 0.2) is 53.5 Å². The molecular formula is C24H23F6N3O3. The van der Waals surface area contributed by atoms with Gasteiger partial charge in [0.05, 0.1) is 5.56 Å². The third-order valence-corrected chi connectivity index (χ3v) is 6.22. The van der Waals surface area contributed by atoms with E-state index >= 15 is 0 Å². The van der Waals surface area contributed by atoms with Crippen LogP contribution in [0.1, 0.15) is 54.1 Å². The van der Waals surface area contributed by atoms with Crippen molar-refractivity contribution >= 4 is 23.3 Å². The van der Waals surface area contributed by atoms with Crippen LogP contribution in [0.5, 0.6) is 0 Å². The molecule has 0 spiro atoms. The van der Waals surface area contributed by atoms with Crippen LogP contribution >= 0.6 is 0 Å². The normalized spacial score (nSPS) is 17.6. The minimum atomic E-state index is -5.49. The summed E-state index contributed by atoms with van der Waals surface area (Å²) in [5.74, 6) is -2.57. The molecule has 1 unspecified atom stereocenters. The van der Waals surface area contributed by atoms with Crippen molar-refractivity contribution < 1.29 is 41.0 Å². The summed E-state index contributed by atoms with van der Waals surface area (Å²) < 4.78 is 83.1. The summed E-state index contributed by atoms with van der Waals surface area (Å²) in [6.45, 7) is 1.38. The van der Waals surface area contributed by atoms with E-state index in [0.717, 1.165) is 30.3 Å². The Morgan fingerprint density at radius 1 is 1.03 bits per heavy atom. The summed E-state index contributed by atoms with van der Waals surface area (Å²) in [4.78, 5) is 28.2. The fourth-order valence-electron chi connectivity index (χ4n) is 4.29. The summed E-state index contributed by atoms with van der Waals surface area (Å²) >= 11 is 0. The van der Waals surface area contributed by atoms with Crippen LogP contribution in [0.25, 0.3) is 0 Å². The number of nitrogens with zero attached hydrogens (tertiary/aromatic N) is 1. The molecule has 2 aromatic carbocycles. The number of hydrogen-bond acceptors (Lipinski definition) is 3. The molecule has 36 heavy (non-hydrogen) atoms. The first-order chi connectivity index (χ1) is 16.6. The highest BCUT2D eigenvalue weighted by molar-refractivity contribution is 6.03. The number of hydrogen-bond donors (Lipinski definition) is 3. The van der Waals surface area contributed by atoms with Gasteiger partial charge in [-0.25, -0.2) is 0 Å². The molecule has 0 aliphatic heterocycles. The molecule has 1 fully saturated rings. The lowest BCUT2D eigenvalue weighted by Crippen LogP contribution is -2.59. The number of amidine groups is 1. The van der Waals surface area contributed by atoms with Crippen LogP contribution in [0, 0.1) is 0 Å². The lowest BCUT2D eigenvalue weighted by atomic mass is 9.58. The largest absolute Gasteiger partial charge is 0.426 e. The fraction of sp³-hybridized carbons (Fsp3) is 0.375. The Balaban J connectivity index is 1.93. The molecule has 0 aromatic heterocycles. The van der Waals surface area contributed by atoms with Crippen LogP contribution in [-0.2, 0) is 16.4 Å². The van der Waals surface area contributed by atoms with Gasteiger partial charge < -0.3 is 16.2 Å². The molecule has 1 atom stereocenters. The summed E-state index contributed by atoms with van der Waals surface area (Å²) in [6, 6.07) is 8.86. The van der Waals surface area contributed by atoms with E-state index in [1.165, 1.54) is 25.1 Å². The maximum Gasteiger partial charge on any atom is 0.426 e. The average molecular weight is 515 g/mol. The van der Waals surface area contributed by atoms with E-state index in [1.54, 1.807) is 0 Å². The lowest BCUT2D eigenvalue weighted by molar-refractivity contribution is -0.257. The molecule has 1 aliphatic rings. The third kappa shape index (κ3) is 5.38. The quantitative estimate of drug-likeness (QED) is 0.287. The van der Waals surface area contributed by atoms with Crippen LogP contribution < -0.4 is 11.1 Å². The van der Waals surface area contributed by atoms with E-state index in [4.69, 9.17) is 5.73 Å². The second-order valence-electron chi connectivity index (χ2n) is 8.80. The van der Waals surface area contributed by atoms with Crippen LogP contribution in [-0.4, -0.2) is 34.5 Å². The Morgan fingerprint density at radius 3 is 2.08 bits per heavy atom. The van der Waals surface area contributed by atoms with Gasteiger partial charge in [0.1, 0.15) is 5.84 Å². The fourth-order valence-corrected chi connectivity index (χ4v) is 4.29. The number of aliphatic imine (C=N–C) groups is 1. The average Bonchev–Trinajstić information content (AvgIpc) is 2.74. The summed E-state index contributed by atoms with van der Waals surface area (Å²) in [5, 5.41) is 12.6. The second kappa shape index (κ2) is 9.57. The number of halogens is 6. The van der Waals surface area contributed by atoms with E-state index in [9.17, 15) is 41.0 Å². The van der Waals surface area contributed by atoms with Gasteiger partial charge in [-0.05, 0) is 61.1 Å². The zero-order chi connectivity index (χ0) is 26.9. The summed E-state index contributed by atoms with van der Waals surface area (Å²) in [7, 11) is 0. The number of carbonyl (C=O) groups is 2. The maximum atomic E-state index is 14.1. The smallest absolute Gasteiger partial charge is 0.387 e. The number of nitrogens with two attached hydrogens (primary N) is 1. The highest BCUT2D eigenvalue weighted by atomic mass is 19.4. The SMILES string of the molecule is CC(N)=NC(=O)c1ccc(NC(=O)C(O)(CC2(c3ccccc3C(F)(F)F)CCC2)C(F)(F)F)cc1. The number of alkyl halides is 6. The first kappa shape index (κ1) is 27.2. The number of rotatable bonds is 6. The van der Waals surface area contributed by atoms with Crippen molar-refractivity contribution in [3.8, 4) is 0 Å². The zero-order valence-electron chi connectivity index (χ0n) is 19.0. The van der Waals surface area contributed by atoms with Gasteiger partial charge in [0.15, 0.2) is 0 Å². The van der Waals surface area contributed by atoms with Crippen molar-refractivity contribution in [2.45, 2.75) is 56.0 Å². The molecule has 12 heteroatoms. The number of anilines is 1. The summed E-state index contributed by atoms with van der Waals surface area (Å²) in [5.41, 5.74) is -1.99. The first-order valence-electron chi connectivity index (χ1n) is 10.8. The molecule has 0 saturated heterocycles. The third-order valence-electron chi connectivity index (χ3n) is 6.22. The topological polar surface area (TPSA) is 105 Å². The maximum absolute atomic E-state index is 14.1. The van der Waals surface area contributed by atoms with Gasteiger partial charge in [-0.2, -0.15) is 31.3 Å². The number of nitrogens with one attached hydrogen (secondary N) is 1. The Hall–Kier alpha value is -3.41. The number of amides is 2. The van der Waals surface area contributed by atoms with Gasteiger partial charge in [-0.3, -0.25) is 9.59 Å². The molecule has 194 valence electrons. The molecule has 2 aromatic rings. The standard InChI is InChI=1S/C24H23F6N3O3/c1-14(31)32-19(34)15-7-9-16(10-8-15)33-20(35)22(36,24(28,29)30)13-21(11-4-12-21)17-5-2-3-6-18(17)23(25,26)27/h2-3,5-10,36H,4,11-13H2,1H3,(H,33,35)(H2,31,32,34). The minimum absolute atomic E-state index is 0.00959. The molecule has 4 N–H and O–H groups in total. The van der Waals surface area contributed by atoms with E-state index in [1.807, 2.05) is 5.32 Å². The van der Waals surface area contributed by atoms with Crippen molar-refractivity contribution in [2.24, 2.45) is 10.7 Å². The molecular weight excluding hydrogens is 492 g/mol. The van der Waals surface area contributed by atoms with Gasteiger partial charge in [-0.15, -0.1) is 0 Å². The Bertz CT molecular complexity index is 1170. The van der Waals surface area contributed by atoms with Gasteiger partial charge in [0.2, 0.25) is 5.60 Å². The highest BCUT2D eigenvalue weighted by Crippen LogP contribution is 2.54. The van der Waals surface area contributed by atoms with Crippen LogP contribution in [0.3, 0.4) is 0 Å². The Morgan fingerprint density at radius 2 is 1.61 bits per heavy atom.